The van der Waals surface area contributed by atoms with E-state index < -0.39 is 18.4 Å². The van der Waals surface area contributed by atoms with Crippen molar-refractivity contribution < 1.29 is 18.7 Å². The van der Waals surface area contributed by atoms with Gasteiger partial charge in [-0.05, 0) is 19.9 Å². The molecule has 1 aromatic heterocycles. The van der Waals surface area contributed by atoms with Crippen LogP contribution in [0.4, 0.5) is 8.78 Å². The van der Waals surface area contributed by atoms with Crippen LogP contribution in [0.5, 0.6) is 0 Å². The van der Waals surface area contributed by atoms with E-state index in [2.05, 4.69) is 4.98 Å². The van der Waals surface area contributed by atoms with Gasteiger partial charge < -0.3 is 5.11 Å². The zero-order chi connectivity index (χ0) is 13.3. The Morgan fingerprint density at radius 1 is 1.67 bits per heavy atom. The normalized spacial score (nSPS) is 24.9. The molecule has 0 amide bonds. The van der Waals surface area contributed by atoms with E-state index >= 15 is 0 Å². The minimum absolute atomic E-state index is 0.162. The van der Waals surface area contributed by atoms with E-state index in [0.717, 1.165) is 4.57 Å². The molecule has 0 radical (unpaired) electrons. The van der Waals surface area contributed by atoms with Crippen molar-refractivity contribution in [3.8, 4) is 0 Å². The smallest absolute Gasteiger partial charge is 0.319 e. The number of carbonyl (C=O) groups is 1. The van der Waals surface area contributed by atoms with E-state index in [1.165, 1.54) is 12.4 Å². The maximum absolute atomic E-state index is 12.6. The number of likely N-dealkylation sites (tertiary alicyclic amines) is 1. The molecule has 1 aliphatic rings. The van der Waals surface area contributed by atoms with Crippen LogP contribution in [0.15, 0.2) is 12.4 Å². The maximum atomic E-state index is 12.6. The second-order valence-electron chi connectivity index (χ2n) is 4.47. The minimum Gasteiger partial charge on any atom is -0.481 e. The van der Waals surface area contributed by atoms with Crippen molar-refractivity contribution in [3.05, 3.63) is 18.2 Å². The summed E-state index contributed by atoms with van der Waals surface area (Å²) in [6, 6.07) is -0.162. The molecule has 2 atom stereocenters. The summed E-state index contributed by atoms with van der Waals surface area (Å²) < 4.78 is 26.1. The van der Waals surface area contributed by atoms with Crippen LogP contribution < -0.4 is 0 Å². The maximum Gasteiger partial charge on any atom is 0.319 e. The molecule has 7 heteroatoms. The fraction of sp³-hybridized carbons (Fsp3) is 0.636. The van der Waals surface area contributed by atoms with Gasteiger partial charge in [0.05, 0.1) is 12.5 Å². The van der Waals surface area contributed by atoms with Crippen molar-refractivity contribution in [2.75, 3.05) is 6.54 Å². The molecule has 0 spiro atoms. The summed E-state index contributed by atoms with van der Waals surface area (Å²) in [5, 5.41) is 9.00. The van der Waals surface area contributed by atoms with Gasteiger partial charge in [-0.2, -0.15) is 8.78 Å². The predicted molar refractivity (Wildman–Crippen MR) is 59.1 cm³/mol. The molecule has 1 saturated heterocycles. The summed E-state index contributed by atoms with van der Waals surface area (Å²) in [5.41, 5.74) is 0. The molecular weight excluding hydrogens is 244 g/mol. The molecule has 0 aliphatic carbocycles. The Morgan fingerprint density at radius 2 is 2.39 bits per heavy atom. The Hall–Kier alpha value is -1.50. The van der Waals surface area contributed by atoms with Crippen molar-refractivity contribution >= 4 is 5.97 Å². The van der Waals surface area contributed by atoms with Gasteiger partial charge in [0.15, 0.2) is 0 Å². The van der Waals surface area contributed by atoms with Crippen LogP contribution in [0.25, 0.3) is 0 Å². The molecule has 5 nitrogen and oxygen atoms in total. The van der Waals surface area contributed by atoms with Gasteiger partial charge in [-0.1, -0.05) is 0 Å². The number of carboxylic acid groups (broad SMARTS) is 1. The van der Waals surface area contributed by atoms with Crippen LogP contribution in [0.3, 0.4) is 0 Å². The first kappa shape index (κ1) is 12.9. The van der Waals surface area contributed by atoms with E-state index in [4.69, 9.17) is 5.11 Å². The van der Waals surface area contributed by atoms with Crippen LogP contribution in [0.2, 0.25) is 0 Å². The number of nitrogens with zero attached hydrogens (tertiary/aromatic N) is 3. The fourth-order valence-electron chi connectivity index (χ4n) is 2.38. The quantitative estimate of drug-likeness (QED) is 0.891. The van der Waals surface area contributed by atoms with Crippen LogP contribution in [-0.2, 0) is 11.3 Å². The number of rotatable bonds is 4. The molecule has 0 bridgehead atoms. The first-order valence-corrected chi connectivity index (χ1v) is 5.77. The lowest BCUT2D eigenvalue weighted by Gasteiger charge is -2.22. The molecule has 1 N–H and O–H groups in total. The highest BCUT2D eigenvalue weighted by atomic mass is 19.3. The third-order valence-corrected chi connectivity index (χ3v) is 3.51. The van der Waals surface area contributed by atoms with Crippen molar-refractivity contribution in [1.29, 1.82) is 0 Å². The molecular formula is C11H15F2N3O2. The number of alkyl halides is 2. The number of hydrogen-bond acceptors (Lipinski definition) is 3. The van der Waals surface area contributed by atoms with E-state index in [0.29, 0.717) is 13.0 Å². The monoisotopic (exact) mass is 259 g/mol. The molecule has 0 saturated carbocycles. The zero-order valence-electron chi connectivity index (χ0n) is 9.96. The second kappa shape index (κ2) is 5.01. The molecule has 1 aliphatic heterocycles. The summed E-state index contributed by atoms with van der Waals surface area (Å²) in [5.74, 6) is -0.995. The Labute approximate surface area is 103 Å². The number of imidazole rings is 1. The molecule has 18 heavy (non-hydrogen) atoms. The topological polar surface area (TPSA) is 58.4 Å². The first-order chi connectivity index (χ1) is 8.50. The van der Waals surface area contributed by atoms with Crippen molar-refractivity contribution in [3.63, 3.8) is 0 Å². The van der Waals surface area contributed by atoms with Gasteiger partial charge in [-0.15, -0.1) is 0 Å². The lowest BCUT2D eigenvalue weighted by molar-refractivity contribution is -0.142. The minimum atomic E-state index is -2.62. The number of hydrogen-bond donors (Lipinski definition) is 1. The molecule has 2 heterocycles. The van der Waals surface area contributed by atoms with Crippen LogP contribution in [0.1, 0.15) is 25.7 Å². The number of carboxylic acids is 1. The molecule has 1 aromatic rings. The second-order valence-corrected chi connectivity index (χ2v) is 4.47. The molecule has 1 fully saturated rings. The van der Waals surface area contributed by atoms with E-state index in [1.54, 1.807) is 6.92 Å². The van der Waals surface area contributed by atoms with Crippen molar-refractivity contribution in [1.82, 2.24) is 14.5 Å². The first-order valence-electron chi connectivity index (χ1n) is 5.77. The van der Waals surface area contributed by atoms with Gasteiger partial charge in [0.2, 0.25) is 0 Å². The van der Waals surface area contributed by atoms with Gasteiger partial charge in [-0.25, -0.2) is 4.98 Å². The Balaban J connectivity index is 2.06. The predicted octanol–water partition coefficient (Wildman–Crippen LogP) is 1.57. The molecule has 2 rings (SSSR count). The Kier molecular flexibility index (Phi) is 3.60. The molecule has 2 unspecified atom stereocenters. The van der Waals surface area contributed by atoms with Crippen LogP contribution in [-0.4, -0.2) is 38.1 Å². The summed E-state index contributed by atoms with van der Waals surface area (Å²) >= 11 is 0. The SMILES string of the molecule is CC1C(C(=O)O)CCN1Cc1nccn1C(F)F. The molecule has 100 valence electrons. The molecule has 0 aromatic carbocycles. The van der Waals surface area contributed by atoms with Gasteiger partial charge in [0.25, 0.3) is 0 Å². The van der Waals surface area contributed by atoms with E-state index in [-0.39, 0.29) is 18.4 Å². The van der Waals surface area contributed by atoms with Gasteiger partial charge in [0.1, 0.15) is 5.82 Å². The number of halogens is 2. The van der Waals surface area contributed by atoms with Gasteiger partial charge >= 0.3 is 12.5 Å². The van der Waals surface area contributed by atoms with Gasteiger partial charge in [-0.3, -0.25) is 14.3 Å². The van der Waals surface area contributed by atoms with Crippen LogP contribution >= 0.6 is 0 Å². The average molecular weight is 259 g/mol. The highest BCUT2D eigenvalue weighted by Crippen LogP contribution is 2.26. The standard InChI is InChI=1S/C11H15F2N3O2/c1-7-8(10(17)18)2-4-15(7)6-9-14-3-5-16(9)11(12)13/h3,5,7-8,11H,2,4,6H2,1H3,(H,17,18). The summed E-state index contributed by atoms with van der Waals surface area (Å²) in [6.45, 7) is 0.0356. The van der Waals surface area contributed by atoms with Crippen LogP contribution in [0, 0.1) is 5.92 Å². The Morgan fingerprint density at radius 3 is 2.94 bits per heavy atom. The largest absolute Gasteiger partial charge is 0.481 e. The highest BCUT2D eigenvalue weighted by molar-refractivity contribution is 5.71. The summed E-state index contributed by atoms with van der Waals surface area (Å²) in [6.07, 6.45) is 3.11. The third-order valence-electron chi connectivity index (χ3n) is 3.51. The summed E-state index contributed by atoms with van der Waals surface area (Å²) in [7, 11) is 0. The van der Waals surface area contributed by atoms with Crippen molar-refractivity contribution in [2.45, 2.75) is 32.5 Å². The summed E-state index contributed by atoms with van der Waals surface area (Å²) in [4.78, 5) is 16.7. The van der Waals surface area contributed by atoms with E-state index in [1.807, 2.05) is 4.90 Å². The number of aromatic nitrogens is 2. The van der Waals surface area contributed by atoms with Gasteiger partial charge in [0, 0.05) is 18.4 Å². The fourth-order valence-corrected chi connectivity index (χ4v) is 2.38. The lowest BCUT2D eigenvalue weighted by Crippen LogP contribution is -2.33. The Bertz CT molecular complexity index is 436. The third kappa shape index (κ3) is 2.35. The van der Waals surface area contributed by atoms with E-state index in [9.17, 15) is 13.6 Å². The van der Waals surface area contributed by atoms with Crippen molar-refractivity contribution in [2.24, 2.45) is 5.92 Å². The zero-order valence-corrected chi connectivity index (χ0v) is 9.96. The highest BCUT2D eigenvalue weighted by Gasteiger charge is 2.36. The number of aliphatic carboxylic acids is 1. The average Bonchev–Trinajstić information content (AvgIpc) is 2.87. The lowest BCUT2D eigenvalue weighted by atomic mass is 10.0.